The quantitative estimate of drug-likeness (QED) is 0.727. The van der Waals surface area contributed by atoms with Crippen LogP contribution in [0.3, 0.4) is 0 Å². The third kappa shape index (κ3) is 4.16. The summed E-state index contributed by atoms with van der Waals surface area (Å²) in [5.41, 5.74) is 0.297. The van der Waals surface area contributed by atoms with Crippen molar-refractivity contribution in [2.75, 3.05) is 14.2 Å². The van der Waals surface area contributed by atoms with Gasteiger partial charge in [-0.2, -0.15) is 0 Å². The molecule has 0 spiro atoms. The third-order valence-electron chi connectivity index (χ3n) is 2.48. The zero-order chi connectivity index (χ0) is 13.5. The summed E-state index contributed by atoms with van der Waals surface area (Å²) in [6.45, 7) is 0. The highest BCUT2D eigenvalue weighted by Gasteiger charge is 2.11. The second-order valence-corrected chi connectivity index (χ2v) is 3.75. The Labute approximate surface area is 105 Å². The molecule has 0 bridgehead atoms. The van der Waals surface area contributed by atoms with Gasteiger partial charge in [-0.15, -0.1) is 0 Å². The van der Waals surface area contributed by atoms with Gasteiger partial charge in [-0.3, -0.25) is 9.59 Å². The molecule has 1 rings (SSSR count). The number of hydrogen-bond donors (Lipinski definition) is 0. The van der Waals surface area contributed by atoms with Crippen LogP contribution >= 0.6 is 0 Å². The van der Waals surface area contributed by atoms with E-state index in [1.807, 2.05) is 0 Å². The van der Waals surface area contributed by atoms with Crippen molar-refractivity contribution in [3.63, 3.8) is 0 Å². The highest BCUT2D eigenvalue weighted by molar-refractivity contribution is 5.84. The Hall–Kier alpha value is -1.91. The molecule has 0 amide bonds. The predicted octanol–water partition coefficient (Wildman–Crippen LogP) is 1.90. The first kappa shape index (κ1) is 14.2. The second-order valence-electron chi connectivity index (χ2n) is 3.75. The first-order valence-corrected chi connectivity index (χ1v) is 5.47. The summed E-state index contributed by atoms with van der Waals surface area (Å²) in [5.74, 6) is -0.734. The van der Waals surface area contributed by atoms with Gasteiger partial charge < -0.3 is 9.47 Å². The zero-order valence-electron chi connectivity index (χ0n) is 10.4. The van der Waals surface area contributed by atoms with Gasteiger partial charge in [-0.25, -0.2) is 4.39 Å². The molecule has 4 nitrogen and oxygen atoms in total. The van der Waals surface area contributed by atoms with Crippen LogP contribution in [0.15, 0.2) is 18.2 Å². The lowest BCUT2D eigenvalue weighted by Crippen LogP contribution is -2.08. The Kier molecular flexibility index (Phi) is 5.30. The normalized spacial score (nSPS) is 9.94. The number of methoxy groups -OCH3 is 2. The third-order valence-corrected chi connectivity index (χ3v) is 2.48. The monoisotopic (exact) mass is 254 g/mol. The minimum Gasteiger partial charge on any atom is -0.497 e. The number of ketones is 1. The van der Waals surface area contributed by atoms with Gasteiger partial charge in [-0.1, -0.05) is 6.07 Å². The van der Waals surface area contributed by atoms with Gasteiger partial charge in [0, 0.05) is 18.9 Å². The van der Waals surface area contributed by atoms with E-state index in [0.29, 0.717) is 11.3 Å². The Morgan fingerprint density at radius 3 is 2.50 bits per heavy atom. The number of halogens is 1. The molecule has 0 saturated heterocycles. The van der Waals surface area contributed by atoms with Gasteiger partial charge in [0.25, 0.3) is 0 Å². The second kappa shape index (κ2) is 6.74. The van der Waals surface area contributed by atoms with E-state index in [1.54, 1.807) is 6.07 Å². The zero-order valence-corrected chi connectivity index (χ0v) is 10.4. The lowest BCUT2D eigenvalue weighted by Gasteiger charge is -2.05. The molecule has 1 aromatic rings. The van der Waals surface area contributed by atoms with E-state index in [2.05, 4.69) is 4.74 Å². The van der Waals surface area contributed by atoms with E-state index < -0.39 is 11.8 Å². The lowest BCUT2D eigenvalue weighted by molar-refractivity contribution is -0.141. The van der Waals surface area contributed by atoms with E-state index >= 15 is 0 Å². The molecule has 0 aromatic heterocycles. The van der Waals surface area contributed by atoms with Gasteiger partial charge >= 0.3 is 5.97 Å². The molecule has 0 aliphatic heterocycles. The minimum absolute atomic E-state index is 0.0209. The molecule has 0 aliphatic rings. The summed E-state index contributed by atoms with van der Waals surface area (Å²) < 4.78 is 22.8. The molecule has 0 heterocycles. The number of Topliss-reactive ketones (excluding diaryl/α,β-unsaturated/α-hetero) is 1. The van der Waals surface area contributed by atoms with Crippen molar-refractivity contribution < 1.29 is 23.5 Å². The molecular formula is C13H15FO4. The summed E-state index contributed by atoms with van der Waals surface area (Å²) in [6.07, 6.45) is 0.0398. The number of benzene rings is 1. The van der Waals surface area contributed by atoms with Crippen molar-refractivity contribution in [2.24, 2.45) is 0 Å². The van der Waals surface area contributed by atoms with Crippen LogP contribution < -0.4 is 4.74 Å². The van der Waals surface area contributed by atoms with Crippen LogP contribution in [-0.4, -0.2) is 26.0 Å². The number of rotatable bonds is 6. The summed E-state index contributed by atoms with van der Waals surface area (Å²) >= 11 is 0. The van der Waals surface area contributed by atoms with E-state index in [1.165, 1.54) is 26.4 Å². The molecule has 0 N–H and O–H groups in total. The molecule has 18 heavy (non-hydrogen) atoms. The maximum absolute atomic E-state index is 13.5. The maximum Gasteiger partial charge on any atom is 0.305 e. The average Bonchev–Trinajstić information content (AvgIpc) is 2.38. The van der Waals surface area contributed by atoms with Gasteiger partial charge in [-0.05, 0) is 11.6 Å². The molecule has 0 saturated carbocycles. The number of ether oxygens (including phenoxy) is 2. The number of carbonyl (C=O) groups excluding carboxylic acids is 2. The topological polar surface area (TPSA) is 52.6 Å². The SMILES string of the molecule is COC(=O)CCC(=O)Cc1ccc(OC)cc1F. The molecular weight excluding hydrogens is 239 g/mol. The summed E-state index contributed by atoms with van der Waals surface area (Å²) in [4.78, 5) is 22.4. The molecule has 0 unspecified atom stereocenters. The van der Waals surface area contributed by atoms with Crippen LogP contribution in [0.4, 0.5) is 4.39 Å². The number of hydrogen-bond acceptors (Lipinski definition) is 4. The number of esters is 1. The molecule has 98 valence electrons. The van der Waals surface area contributed by atoms with Crippen molar-refractivity contribution in [3.8, 4) is 5.75 Å². The lowest BCUT2D eigenvalue weighted by atomic mass is 10.1. The van der Waals surface area contributed by atoms with Crippen LogP contribution in [0.1, 0.15) is 18.4 Å². The molecule has 0 aliphatic carbocycles. The Morgan fingerprint density at radius 1 is 1.22 bits per heavy atom. The van der Waals surface area contributed by atoms with Gasteiger partial charge in [0.1, 0.15) is 17.3 Å². The summed E-state index contributed by atoms with van der Waals surface area (Å²) in [5, 5.41) is 0. The van der Waals surface area contributed by atoms with Crippen molar-refractivity contribution in [1.29, 1.82) is 0 Å². The highest BCUT2D eigenvalue weighted by Crippen LogP contribution is 2.17. The maximum atomic E-state index is 13.5. The van der Waals surface area contributed by atoms with Crippen molar-refractivity contribution in [3.05, 3.63) is 29.6 Å². The van der Waals surface area contributed by atoms with Crippen LogP contribution in [0.2, 0.25) is 0 Å². The highest BCUT2D eigenvalue weighted by atomic mass is 19.1. The predicted molar refractivity (Wildman–Crippen MR) is 62.9 cm³/mol. The molecule has 0 atom stereocenters. The smallest absolute Gasteiger partial charge is 0.305 e. The minimum atomic E-state index is -0.485. The van der Waals surface area contributed by atoms with E-state index in [0.717, 1.165) is 0 Å². The van der Waals surface area contributed by atoms with Crippen LogP contribution in [0.25, 0.3) is 0 Å². The summed E-state index contributed by atoms with van der Waals surface area (Å²) in [6, 6.07) is 4.32. The average molecular weight is 254 g/mol. The molecule has 5 heteroatoms. The standard InChI is InChI=1S/C13H15FO4/c1-17-11-5-3-9(12(14)8-11)7-10(15)4-6-13(16)18-2/h3,5,8H,4,6-7H2,1-2H3. The largest absolute Gasteiger partial charge is 0.497 e. The van der Waals surface area contributed by atoms with Crippen molar-refractivity contribution in [1.82, 2.24) is 0 Å². The van der Waals surface area contributed by atoms with Gasteiger partial charge in [0.15, 0.2) is 0 Å². The number of carbonyl (C=O) groups is 2. The molecule has 1 aromatic carbocycles. The van der Waals surface area contributed by atoms with E-state index in [4.69, 9.17) is 4.74 Å². The molecule has 0 fully saturated rings. The van der Waals surface area contributed by atoms with Crippen molar-refractivity contribution >= 4 is 11.8 Å². The van der Waals surface area contributed by atoms with Crippen LogP contribution in [0.5, 0.6) is 5.75 Å². The van der Waals surface area contributed by atoms with Crippen LogP contribution in [0, 0.1) is 5.82 Å². The van der Waals surface area contributed by atoms with E-state index in [9.17, 15) is 14.0 Å². The first-order valence-electron chi connectivity index (χ1n) is 5.47. The fourth-order valence-corrected chi connectivity index (χ4v) is 1.44. The van der Waals surface area contributed by atoms with Crippen LogP contribution in [-0.2, 0) is 20.7 Å². The Morgan fingerprint density at radius 2 is 1.94 bits per heavy atom. The summed E-state index contributed by atoms with van der Waals surface area (Å²) in [7, 11) is 2.70. The van der Waals surface area contributed by atoms with E-state index in [-0.39, 0.29) is 25.0 Å². The molecule has 0 radical (unpaired) electrons. The Bertz CT molecular complexity index is 443. The fourth-order valence-electron chi connectivity index (χ4n) is 1.44. The Balaban J connectivity index is 2.56. The van der Waals surface area contributed by atoms with Crippen molar-refractivity contribution in [2.45, 2.75) is 19.3 Å². The van der Waals surface area contributed by atoms with Gasteiger partial charge in [0.2, 0.25) is 0 Å². The first-order chi connectivity index (χ1) is 8.56. The van der Waals surface area contributed by atoms with Gasteiger partial charge in [0.05, 0.1) is 20.6 Å². The fraction of sp³-hybridized carbons (Fsp3) is 0.385.